The molecule has 0 atom stereocenters. The Morgan fingerprint density at radius 2 is 1.25 bits per heavy atom. The predicted octanol–water partition coefficient (Wildman–Crippen LogP) is -1.42. The van der Waals surface area contributed by atoms with Crippen molar-refractivity contribution in [1.29, 1.82) is 0 Å². The van der Waals surface area contributed by atoms with Gasteiger partial charge in [0.1, 0.15) is 0 Å². The van der Waals surface area contributed by atoms with Crippen LogP contribution in [0.2, 0.25) is 0 Å². The quantitative estimate of drug-likeness (QED) is 0.335. The number of rotatable bonds is 0. The molecule has 0 saturated carbocycles. The van der Waals surface area contributed by atoms with E-state index < -0.39 is 0 Å². The summed E-state index contributed by atoms with van der Waals surface area (Å²) in [6, 6.07) is 0. The Kier molecular flexibility index (Phi) is 185. The summed E-state index contributed by atoms with van der Waals surface area (Å²) < 4.78 is 8.00. The second-order valence-electron chi connectivity index (χ2n) is 0. The molecule has 0 aromatic heterocycles. The van der Waals surface area contributed by atoms with E-state index in [1.165, 1.54) is 0 Å². The zero-order valence-electron chi connectivity index (χ0n) is 1.47. The Labute approximate surface area is 48.6 Å². The van der Waals surface area contributed by atoms with E-state index in [0.717, 1.165) is 0 Å². The fourth-order valence-corrected chi connectivity index (χ4v) is 0. The first-order valence-corrected chi connectivity index (χ1v) is 0.289. The van der Waals surface area contributed by atoms with E-state index >= 15 is 0 Å². The van der Waals surface area contributed by atoms with E-state index in [-0.39, 0.29) is 35.9 Å². The van der Waals surface area contributed by atoms with Crippen LogP contribution in [-0.4, -0.2) is 26.6 Å². The molecular formula is H2BFeLiO. The first kappa shape index (κ1) is 20.1. The van der Waals surface area contributed by atoms with Gasteiger partial charge in [0, 0.05) is 17.1 Å². The van der Waals surface area contributed by atoms with Gasteiger partial charge < -0.3 is 0 Å². The molecule has 0 unspecified atom stereocenters. The van der Waals surface area contributed by atoms with Crippen molar-refractivity contribution in [1.82, 2.24) is 0 Å². The van der Waals surface area contributed by atoms with Gasteiger partial charge in [-0.2, -0.15) is 0 Å². The molecule has 0 aliphatic rings. The zero-order valence-corrected chi connectivity index (χ0v) is 2.57. The van der Waals surface area contributed by atoms with Crippen molar-refractivity contribution < 1.29 is 21.8 Å². The number of hydrogen-bond donors (Lipinski definition) is 0. The van der Waals surface area contributed by atoms with E-state index in [4.69, 9.17) is 4.70 Å². The maximum atomic E-state index is 8.00. The molecule has 1 nitrogen and oxygen atoms in total. The van der Waals surface area contributed by atoms with Gasteiger partial charge in [0.2, 0.25) is 0 Å². The van der Waals surface area contributed by atoms with E-state index in [1.54, 1.807) is 0 Å². The average Bonchev–Trinajstić information content (AvgIpc) is 1.00. The second kappa shape index (κ2) is 36.7. The summed E-state index contributed by atoms with van der Waals surface area (Å²) in [5.41, 5.74) is 0. The second-order valence-corrected chi connectivity index (χ2v) is 0. The van der Waals surface area contributed by atoms with Crippen LogP contribution in [0.5, 0.6) is 0 Å². The molecule has 0 aliphatic heterocycles. The molecule has 0 N–H and O–H groups in total. The van der Waals surface area contributed by atoms with Crippen molar-refractivity contribution in [3.8, 4) is 0 Å². The van der Waals surface area contributed by atoms with Crippen LogP contribution in [0.4, 0.5) is 0 Å². The molecule has 0 fully saturated rings. The van der Waals surface area contributed by atoms with Crippen molar-refractivity contribution in [2.45, 2.75) is 0 Å². The molecule has 4 heavy (non-hydrogen) atoms. The van der Waals surface area contributed by atoms with Gasteiger partial charge in [0.15, 0.2) is 0 Å². The first-order chi connectivity index (χ1) is 1.00. The van der Waals surface area contributed by atoms with Gasteiger partial charge in [0.25, 0.3) is 0 Å². The topological polar surface area (TPSA) is 17.1 Å². The van der Waals surface area contributed by atoms with Crippen molar-refractivity contribution in [3.63, 3.8) is 0 Å². The van der Waals surface area contributed by atoms with Crippen LogP contribution in [0.3, 0.4) is 0 Å². The molecule has 0 bridgehead atoms. The monoisotopic (exact) mass is 92.0 g/mol. The molecule has 4 heteroatoms. The molecule has 0 saturated heterocycles. The van der Waals surface area contributed by atoms with E-state index in [0.29, 0.717) is 0 Å². The van der Waals surface area contributed by atoms with Crippen LogP contribution in [0, 0.1) is 0 Å². The fourth-order valence-electron chi connectivity index (χ4n) is 0. The van der Waals surface area contributed by atoms with Crippen molar-refractivity contribution in [3.05, 3.63) is 0 Å². The molecule has 0 amide bonds. The van der Waals surface area contributed by atoms with Gasteiger partial charge in [-0.3, -0.25) is 0 Å². The zero-order chi connectivity index (χ0) is 2.00. The third-order valence-corrected chi connectivity index (χ3v) is 0. The summed E-state index contributed by atoms with van der Waals surface area (Å²) >= 11 is 0. The SMILES string of the molecule is B=O.[Fe].[LiH]. The summed E-state index contributed by atoms with van der Waals surface area (Å²) in [6.45, 7) is 0. The van der Waals surface area contributed by atoms with Crippen LogP contribution in [0.25, 0.3) is 0 Å². The first-order valence-electron chi connectivity index (χ1n) is 0.289. The Balaban J connectivity index is -0.00000000500. The molecule has 20 valence electrons. The van der Waals surface area contributed by atoms with Crippen LogP contribution in [0.15, 0.2) is 0 Å². The van der Waals surface area contributed by atoms with Gasteiger partial charge in [0.05, 0.1) is 0 Å². The van der Waals surface area contributed by atoms with Crippen LogP contribution in [0.1, 0.15) is 0 Å². The van der Waals surface area contributed by atoms with Crippen LogP contribution >= 0.6 is 0 Å². The van der Waals surface area contributed by atoms with Crippen molar-refractivity contribution in [2.75, 3.05) is 0 Å². The maximum absolute atomic E-state index is 8.00. The Morgan fingerprint density at radius 3 is 1.25 bits per heavy atom. The number of hydrogen-bond acceptors (Lipinski definition) is 1. The Hall–Kier alpha value is 0.982. The molecule has 0 heterocycles. The fraction of sp³-hybridized carbons (Fsp3) is 0. The van der Waals surface area contributed by atoms with E-state index in [9.17, 15) is 0 Å². The molecule has 0 aromatic rings. The van der Waals surface area contributed by atoms with Crippen LogP contribution < -0.4 is 0 Å². The molecule has 0 radical (unpaired) electrons. The molecule has 0 aliphatic carbocycles. The molecular weight excluding hydrogens is 89.6 g/mol. The summed E-state index contributed by atoms with van der Waals surface area (Å²) in [5.74, 6) is 0. The molecule has 0 rings (SSSR count). The van der Waals surface area contributed by atoms with Gasteiger partial charge in [-0.05, 0) is 0 Å². The summed E-state index contributed by atoms with van der Waals surface area (Å²) in [4.78, 5) is 0. The van der Waals surface area contributed by atoms with Gasteiger partial charge in [-0.1, -0.05) is 0 Å². The minimum absolute atomic E-state index is 0. The van der Waals surface area contributed by atoms with Crippen molar-refractivity contribution >= 4 is 26.6 Å². The predicted molar refractivity (Wildman–Crippen MR) is 15.0 cm³/mol. The summed E-state index contributed by atoms with van der Waals surface area (Å²) in [5, 5.41) is 0. The Morgan fingerprint density at radius 1 is 1.25 bits per heavy atom. The minimum atomic E-state index is 0. The van der Waals surface area contributed by atoms with Crippen molar-refractivity contribution in [2.24, 2.45) is 0 Å². The third kappa shape index (κ3) is 12.1. The van der Waals surface area contributed by atoms with E-state index in [2.05, 4.69) is 0 Å². The molecule has 0 aromatic carbocycles. The summed E-state index contributed by atoms with van der Waals surface area (Å²) in [7, 11) is 2.00. The normalized spacial score (nSPS) is 0.750. The standard InChI is InChI=1S/BHO.Fe.Li.H/c1-2;;;/h1H;;;. The average molecular weight is 91.6 g/mol. The van der Waals surface area contributed by atoms with Gasteiger partial charge >= 0.3 is 31.3 Å². The van der Waals surface area contributed by atoms with Gasteiger partial charge in [-0.25, -0.2) is 0 Å². The van der Waals surface area contributed by atoms with Gasteiger partial charge in [-0.15, -0.1) is 0 Å². The molecule has 0 spiro atoms. The third-order valence-electron chi connectivity index (χ3n) is 0. The Bertz CT molecular complexity index is 8.00. The summed E-state index contributed by atoms with van der Waals surface area (Å²) in [6.07, 6.45) is 0. The van der Waals surface area contributed by atoms with E-state index in [1.807, 2.05) is 7.72 Å². The van der Waals surface area contributed by atoms with Crippen LogP contribution in [-0.2, 0) is 21.8 Å².